The second-order valence-corrected chi connectivity index (χ2v) is 6.47. The number of aliphatic carboxylic acids is 1. The molecular weight excluding hydrogens is 326 g/mol. The molecule has 1 aromatic carbocycles. The van der Waals surface area contributed by atoms with E-state index in [-0.39, 0.29) is 12.5 Å². The minimum absolute atomic E-state index is 0.106. The Morgan fingerprint density at radius 2 is 1.84 bits per heavy atom. The van der Waals surface area contributed by atoms with E-state index in [1.165, 1.54) is 0 Å². The topological polar surface area (TPSA) is 94.1 Å². The average Bonchev–Trinajstić information content (AvgIpc) is 3.08. The van der Waals surface area contributed by atoms with Gasteiger partial charge in [-0.3, -0.25) is 0 Å². The lowest BCUT2D eigenvalue weighted by Crippen LogP contribution is -2.49. The van der Waals surface area contributed by atoms with Crippen molar-refractivity contribution in [3.63, 3.8) is 0 Å². The predicted octanol–water partition coefficient (Wildman–Crippen LogP) is 2.30. The molecule has 25 heavy (non-hydrogen) atoms. The van der Waals surface area contributed by atoms with Crippen molar-refractivity contribution in [3.05, 3.63) is 35.9 Å². The maximum absolute atomic E-state index is 12.0. The molecule has 0 aromatic heterocycles. The van der Waals surface area contributed by atoms with Gasteiger partial charge >= 0.3 is 12.1 Å². The second-order valence-electron chi connectivity index (χ2n) is 6.47. The fourth-order valence-electron chi connectivity index (χ4n) is 3.47. The zero-order valence-corrected chi connectivity index (χ0v) is 14.0. The summed E-state index contributed by atoms with van der Waals surface area (Å²) in [5.74, 6) is -1.76. The Labute approximate surface area is 146 Å². The summed E-state index contributed by atoms with van der Waals surface area (Å²) in [6.45, 7) is 1.27. The van der Waals surface area contributed by atoms with Gasteiger partial charge in [0.15, 0.2) is 5.79 Å². The van der Waals surface area contributed by atoms with E-state index in [1.54, 1.807) is 0 Å². The Balaban J connectivity index is 1.51. The molecule has 1 amide bonds. The molecule has 1 aromatic rings. The second kappa shape index (κ2) is 7.84. The average molecular weight is 349 g/mol. The predicted molar refractivity (Wildman–Crippen MR) is 87.8 cm³/mol. The van der Waals surface area contributed by atoms with Crippen LogP contribution in [0, 0.1) is 5.92 Å². The summed E-state index contributed by atoms with van der Waals surface area (Å²) in [6, 6.07) is 8.27. The van der Waals surface area contributed by atoms with Gasteiger partial charge in [0, 0.05) is 12.8 Å². The molecule has 136 valence electrons. The SMILES string of the molecule is O=C(N[C@@H](C(=O)O)C1CCC2(CC1)OCCO2)OCc1ccccc1. The quantitative estimate of drug-likeness (QED) is 0.847. The van der Waals surface area contributed by atoms with Crippen molar-refractivity contribution in [2.75, 3.05) is 13.2 Å². The van der Waals surface area contributed by atoms with Crippen LogP contribution in [0.3, 0.4) is 0 Å². The zero-order chi connectivity index (χ0) is 17.7. The van der Waals surface area contributed by atoms with Crippen molar-refractivity contribution in [1.29, 1.82) is 0 Å². The number of rotatable bonds is 5. The number of carboxylic acid groups (broad SMARTS) is 1. The summed E-state index contributed by atoms with van der Waals surface area (Å²) in [5, 5.41) is 12.0. The molecule has 1 saturated carbocycles. The molecule has 1 heterocycles. The van der Waals surface area contributed by atoms with Crippen LogP contribution in [-0.4, -0.2) is 42.2 Å². The lowest BCUT2D eigenvalue weighted by atomic mass is 9.80. The third-order valence-electron chi connectivity index (χ3n) is 4.83. The first-order valence-electron chi connectivity index (χ1n) is 8.56. The normalized spacial score (nSPS) is 21.0. The van der Waals surface area contributed by atoms with E-state index < -0.39 is 23.9 Å². The first kappa shape index (κ1) is 17.7. The van der Waals surface area contributed by atoms with Crippen LogP contribution in [0.1, 0.15) is 31.2 Å². The third kappa shape index (κ3) is 4.49. The molecule has 2 N–H and O–H groups in total. The van der Waals surface area contributed by atoms with Crippen LogP contribution in [0.15, 0.2) is 30.3 Å². The smallest absolute Gasteiger partial charge is 0.408 e. The summed E-state index contributed by atoms with van der Waals surface area (Å²) >= 11 is 0. The Hall–Kier alpha value is -2.12. The number of hydrogen-bond donors (Lipinski definition) is 2. The molecule has 3 rings (SSSR count). The number of carbonyl (C=O) groups is 2. The van der Waals surface area contributed by atoms with Crippen LogP contribution in [-0.2, 0) is 25.6 Å². The van der Waals surface area contributed by atoms with Gasteiger partial charge in [0.1, 0.15) is 12.6 Å². The van der Waals surface area contributed by atoms with Gasteiger partial charge in [-0.1, -0.05) is 30.3 Å². The van der Waals surface area contributed by atoms with Crippen molar-refractivity contribution in [3.8, 4) is 0 Å². The summed E-state index contributed by atoms with van der Waals surface area (Å²) in [5.41, 5.74) is 0.847. The number of alkyl carbamates (subject to hydrolysis) is 1. The van der Waals surface area contributed by atoms with Crippen LogP contribution in [0.25, 0.3) is 0 Å². The molecule has 1 atom stereocenters. The Morgan fingerprint density at radius 1 is 1.20 bits per heavy atom. The molecule has 1 saturated heterocycles. The summed E-state index contributed by atoms with van der Waals surface area (Å²) in [6.07, 6.45) is 1.81. The first-order valence-corrected chi connectivity index (χ1v) is 8.56. The number of hydrogen-bond acceptors (Lipinski definition) is 5. The summed E-state index contributed by atoms with van der Waals surface area (Å²) < 4.78 is 16.4. The van der Waals surface area contributed by atoms with Crippen molar-refractivity contribution < 1.29 is 28.9 Å². The monoisotopic (exact) mass is 349 g/mol. The molecule has 7 nitrogen and oxygen atoms in total. The number of nitrogens with one attached hydrogen (secondary N) is 1. The molecular formula is C18H23NO6. The van der Waals surface area contributed by atoms with Gasteiger partial charge in [0.05, 0.1) is 13.2 Å². The van der Waals surface area contributed by atoms with Gasteiger partial charge in [-0.2, -0.15) is 0 Å². The van der Waals surface area contributed by atoms with Crippen molar-refractivity contribution in [2.24, 2.45) is 5.92 Å². The Bertz CT molecular complexity index is 589. The van der Waals surface area contributed by atoms with Crippen LogP contribution in [0.4, 0.5) is 4.79 Å². The molecule has 0 unspecified atom stereocenters. The number of benzene rings is 1. The Morgan fingerprint density at radius 3 is 2.44 bits per heavy atom. The minimum Gasteiger partial charge on any atom is -0.480 e. The highest BCUT2D eigenvalue weighted by molar-refractivity contribution is 5.80. The van der Waals surface area contributed by atoms with Crippen molar-refractivity contribution >= 4 is 12.1 Å². The first-order chi connectivity index (χ1) is 12.1. The van der Waals surface area contributed by atoms with E-state index in [9.17, 15) is 14.7 Å². The van der Waals surface area contributed by atoms with E-state index in [4.69, 9.17) is 14.2 Å². The van der Waals surface area contributed by atoms with E-state index >= 15 is 0 Å². The lowest BCUT2D eigenvalue weighted by Gasteiger charge is -2.37. The molecule has 0 bridgehead atoms. The van der Waals surface area contributed by atoms with E-state index in [0.717, 1.165) is 5.56 Å². The number of carbonyl (C=O) groups excluding carboxylic acids is 1. The standard InChI is InChI=1S/C18H23NO6/c20-16(21)15(14-6-8-18(9-7-14)24-10-11-25-18)19-17(22)23-12-13-4-2-1-3-5-13/h1-5,14-15H,6-12H2,(H,19,22)(H,20,21)/t15-/m1/s1. The van der Waals surface area contributed by atoms with Crippen LogP contribution >= 0.6 is 0 Å². The van der Waals surface area contributed by atoms with Gasteiger partial charge in [-0.05, 0) is 24.3 Å². The maximum Gasteiger partial charge on any atom is 0.408 e. The molecule has 1 aliphatic heterocycles. The molecule has 2 aliphatic rings. The van der Waals surface area contributed by atoms with Gasteiger partial charge in [-0.15, -0.1) is 0 Å². The van der Waals surface area contributed by atoms with Gasteiger partial charge in [-0.25, -0.2) is 9.59 Å². The van der Waals surface area contributed by atoms with Gasteiger partial charge < -0.3 is 24.6 Å². The van der Waals surface area contributed by atoms with E-state index in [2.05, 4.69) is 5.32 Å². The highest BCUT2D eigenvalue weighted by Gasteiger charge is 2.43. The molecule has 0 radical (unpaired) electrons. The van der Waals surface area contributed by atoms with Crippen molar-refractivity contribution in [2.45, 2.75) is 44.1 Å². The van der Waals surface area contributed by atoms with E-state index in [0.29, 0.717) is 38.9 Å². The highest BCUT2D eigenvalue weighted by Crippen LogP contribution is 2.39. The minimum atomic E-state index is -1.05. The lowest BCUT2D eigenvalue weighted by molar-refractivity contribution is -0.185. The molecule has 7 heteroatoms. The van der Waals surface area contributed by atoms with E-state index in [1.807, 2.05) is 30.3 Å². The van der Waals surface area contributed by atoms with Gasteiger partial charge in [0.2, 0.25) is 0 Å². The van der Waals surface area contributed by atoms with Crippen LogP contribution < -0.4 is 5.32 Å². The zero-order valence-electron chi connectivity index (χ0n) is 14.0. The highest BCUT2D eigenvalue weighted by atomic mass is 16.7. The maximum atomic E-state index is 12.0. The Kier molecular flexibility index (Phi) is 5.55. The molecule has 1 spiro atoms. The van der Waals surface area contributed by atoms with Crippen LogP contribution in [0.2, 0.25) is 0 Å². The summed E-state index contributed by atoms with van der Waals surface area (Å²) in [4.78, 5) is 23.6. The summed E-state index contributed by atoms with van der Waals surface area (Å²) in [7, 11) is 0. The number of amides is 1. The van der Waals surface area contributed by atoms with Crippen LogP contribution in [0.5, 0.6) is 0 Å². The third-order valence-corrected chi connectivity index (χ3v) is 4.83. The molecule has 2 fully saturated rings. The fraction of sp³-hybridized carbons (Fsp3) is 0.556. The fourth-order valence-corrected chi connectivity index (χ4v) is 3.47. The largest absolute Gasteiger partial charge is 0.480 e. The number of carboxylic acids is 1. The molecule has 1 aliphatic carbocycles. The van der Waals surface area contributed by atoms with Gasteiger partial charge in [0.25, 0.3) is 0 Å². The number of ether oxygens (including phenoxy) is 3. The van der Waals surface area contributed by atoms with Crippen molar-refractivity contribution in [1.82, 2.24) is 5.32 Å².